The molecule has 0 saturated carbocycles. The van der Waals surface area contributed by atoms with Gasteiger partial charge in [0.05, 0.1) is 5.56 Å². The highest BCUT2D eigenvalue weighted by Gasteiger charge is 2.17. The lowest BCUT2D eigenvalue weighted by Crippen LogP contribution is -2.00. The molecule has 2 heterocycles. The molecule has 0 aliphatic heterocycles. The Morgan fingerprint density at radius 3 is 2.62 bits per heavy atom. The number of furan rings is 1. The van der Waals surface area contributed by atoms with Crippen LogP contribution in [0.3, 0.4) is 0 Å². The predicted molar refractivity (Wildman–Crippen MR) is 96.9 cm³/mol. The summed E-state index contributed by atoms with van der Waals surface area (Å²) in [5.41, 5.74) is 3.02. The first-order chi connectivity index (χ1) is 12.4. The average Bonchev–Trinajstić information content (AvgIpc) is 3.25. The number of carboxylic acid groups (broad SMARTS) is 1. The summed E-state index contributed by atoms with van der Waals surface area (Å²) in [5, 5.41) is 10.4. The molecule has 4 rings (SSSR count). The summed E-state index contributed by atoms with van der Waals surface area (Å²) < 4.78 is 24.1. The minimum Gasteiger partial charge on any atom is -0.478 e. The van der Waals surface area contributed by atoms with Crippen molar-refractivity contribution in [2.45, 2.75) is 13.8 Å². The highest BCUT2D eigenvalue weighted by molar-refractivity contribution is 7.09. The first-order valence-electron chi connectivity index (χ1n) is 7.81. The standard InChI is InChI=1S/C19H13FN2O3S/c1-9-3-4-10(2)16-13(9)8-15(25-16)17-21-18(26-22-17)11-5-6-12(19(23)24)14(20)7-11/h3-8H,1-2H3,(H,23,24). The van der Waals surface area contributed by atoms with Gasteiger partial charge in [-0.15, -0.1) is 0 Å². The van der Waals surface area contributed by atoms with E-state index >= 15 is 0 Å². The summed E-state index contributed by atoms with van der Waals surface area (Å²) in [6, 6.07) is 9.82. The number of nitrogens with zero attached hydrogens (tertiary/aromatic N) is 2. The van der Waals surface area contributed by atoms with E-state index in [1.165, 1.54) is 12.1 Å². The SMILES string of the molecule is Cc1ccc(C)c2oc(-c3nsc(-c4ccc(C(=O)O)c(F)c4)n3)cc12. The van der Waals surface area contributed by atoms with Crippen LogP contribution < -0.4 is 0 Å². The fraction of sp³-hybridized carbons (Fsp3) is 0.105. The number of aromatic nitrogens is 2. The number of aromatic carboxylic acids is 1. The maximum Gasteiger partial charge on any atom is 0.338 e. The van der Waals surface area contributed by atoms with Crippen LogP contribution in [-0.2, 0) is 0 Å². The molecule has 0 unspecified atom stereocenters. The molecule has 26 heavy (non-hydrogen) atoms. The van der Waals surface area contributed by atoms with Crippen LogP contribution in [0.2, 0.25) is 0 Å². The van der Waals surface area contributed by atoms with Gasteiger partial charge in [0.25, 0.3) is 0 Å². The topological polar surface area (TPSA) is 76.2 Å². The Labute approximate surface area is 151 Å². The molecular weight excluding hydrogens is 355 g/mol. The van der Waals surface area contributed by atoms with E-state index in [2.05, 4.69) is 9.36 Å². The van der Waals surface area contributed by atoms with Crippen molar-refractivity contribution in [1.29, 1.82) is 0 Å². The van der Waals surface area contributed by atoms with E-state index in [1.54, 1.807) is 0 Å². The molecular formula is C19H13FN2O3S. The summed E-state index contributed by atoms with van der Waals surface area (Å²) in [6.45, 7) is 3.98. The molecule has 5 nitrogen and oxygen atoms in total. The second-order valence-electron chi connectivity index (χ2n) is 5.98. The van der Waals surface area contributed by atoms with Gasteiger partial charge in [-0.25, -0.2) is 14.2 Å². The fourth-order valence-electron chi connectivity index (χ4n) is 2.76. The number of rotatable bonds is 3. The van der Waals surface area contributed by atoms with E-state index < -0.39 is 11.8 Å². The maximum atomic E-state index is 13.9. The molecule has 0 fully saturated rings. The van der Waals surface area contributed by atoms with Gasteiger partial charge in [-0.2, -0.15) is 4.37 Å². The molecule has 0 aliphatic rings. The van der Waals surface area contributed by atoms with Gasteiger partial charge in [0, 0.05) is 10.9 Å². The van der Waals surface area contributed by atoms with Gasteiger partial charge in [-0.3, -0.25) is 0 Å². The second kappa shape index (κ2) is 6.03. The number of fused-ring (bicyclic) bond motifs is 1. The Morgan fingerprint density at radius 1 is 1.15 bits per heavy atom. The smallest absolute Gasteiger partial charge is 0.338 e. The third kappa shape index (κ3) is 2.66. The lowest BCUT2D eigenvalue weighted by molar-refractivity contribution is 0.0692. The van der Waals surface area contributed by atoms with Crippen molar-refractivity contribution in [2.24, 2.45) is 0 Å². The van der Waals surface area contributed by atoms with E-state index in [0.717, 1.165) is 39.7 Å². The maximum absolute atomic E-state index is 13.9. The molecule has 7 heteroatoms. The molecule has 0 radical (unpaired) electrons. The Kier molecular flexibility index (Phi) is 3.81. The fourth-order valence-corrected chi connectivity index (χ4v) is 3.43. The van der Waals surface area contributed by atoms with Crippen LogP contribution >= 0.6 is 11.5 Å². The summed E-state index contributed by atoms with van der Waals surface area (Å²) in [7, 11) is 0. The van der Waals surface area contributed by atoms with Crippen LogP contribution in [0.15, 0.2) is 40.8 Å². The van der Waals surface area contributed by atoms with Crippen molar-refractivity contribution < 1.29 is 18.7 Å². The first kappa shape index (κ1) is 16.4. The van der Waals surface area contributed by atoms with E-state index in [0.29, 0.717) is 22.2 Å². The van der Waals surface area contributed by atoms with Crippen molar-refractivity contribution >= 4 is 28.5 Å². The highest BCUT2D eigenvalue weighted by Crippen LogP contribution is 2.33. The van der Waals surface area contributed by atoms with Crippen molar-refractivity contribution in [3.63, 3.8) is 0 Å². The van der Waals surface area contributed by atoms with Gasteiger partial charge in [-0.1, -0.05) is 18.2 Å². The lowest BCUT2D eigenvalue weighted by Gasteiger charge is -1.99. The Bertz CT molecular complexity index is 1120. The number of hydrogen-bond acceptors (Lipinski definition) is 5. The number of carbonyl (C=O) groups is 1. The van der Waals surface area contributed by atoms with Gasteiger partial charge < -0.3 is 9.52 Å². The summed E-state index contributed by atoms with van der Waals surface area (Å²) in [6.07, 6.45) is 0. The number of halogens is 1. The molecule has 4 aromatic rings. The molecule has 130 valence electrons. The molecule has 2 aromatic carbocycles. The minimum absolute atomic E-state index is 0.373. The normalized spacial score (nSPS) is 11.2. The molecule has 1 N–H and O–H groups in total. The second-order valence-corrected chi connectivity index (χ2v) is 6.73. The van der Waals surface area contributed by atoms with Crippen LogP contribution in [-0.4, -0.2) is 20.4 Å². The van der Waals surface area contributed by atoms with E-state index in [-0.39, 0.29) is 5.56 Å². The van der Waals surface area contributed by atoms with Gasteiger partial charge in [0.2, 0.25) is 5.82 Å². The van der Waals surface area contributed by atoms with Crippen molar-refractivity contribution in [3.8, 4) is 22.2 Å². The van der Waals surface area contributed by atoms with E-state index in [4.69, 9.17) is 9.52 Å². The van der Waals surface area contributed by atoms with Crippen molar-refractivity contribution in [2.75, 3.05) is 0 Å². The average molecular weight is 368 g/mol. The molecule has 0 amide bonds. The largest absolute Gasteiger partial charge is 0.478 e. The molecule has 0 aliphatic carbocycles. The zero-order valence-electron chi connectivity index (χ0n) is 13.9. The molecule has 0 bridgehead atoms. The van der Waals surface area contributed by atoms with Gasteiger partial charge >= 0.3 is 5.97 Å². The summed E-state index contributed by atoms with van der Waals surface area (Å²) in [4.78, 5) is 15.3. The third-order valence-corrected chi connectivity index (χ3v) is 4.96. The first-order valence-corrected chi connectivity index (χ1v) is 8.58. The molecule has 0 spiro atoms. The van der Waals surface area contributed by atoms with Crippen molar-refractivity contribution in [1.82, 2.24) is 9.36 Å². The Balaban J connectivity index is 1.75. The predicted octanol–water partition coefficient (Wildman–Crippen LogP) is 5.07. The summed E-state index contributed by atoms with van der Waals surface area (Å²) in [5.74, 6) is -1.15. The van der Waals surface area contributed by atoms with Crippen molar-refractivity contribution in [3.05, 3.63) is 58.9 Å². The van der Waals surface area contributed by atoms with E-state index in [9.17, 15) is 9.18 Å². The number of benzene rings is 2. The third-order valence-electron chi connectivity index (χ3n) is 4.19. The molecule has 0 saturated heterocycles. The zero-order chi connectivity index (χ0) is 18.4. The molecule has 0 atom stereocenters. The monoisotopic (exact) mass is 368 g/mol. The molecule has 2 aromatic heterocycles. The van der Waals surface area contributed by atoms with Crippen LogP contribution in [0.25, 0.3) is 33.1 Å². The Morgan fingerprint density at radius 2 is 1.92 bits per heavy atom. The highest BCUT2D eigenvalue weighted by atomic mass is 32.1. The minimum atomic E-state index is -1.31. The summed E-state index contributed by atoms with van der Waals surface area (Å²) >= 11 is 1.10. The van der Waals surface area contributed by atoms with E-state index in [1.807, 2.05) is 32.0 Å². The van der Waals surface area contributed by atoms with Gasteiger partial charge in [-0.05, 0) is 54.7 Å². The number of aryl methyl sites for hydroxylation is 2. The van der Waals surface area contributed by atoms with Crippen LogP contribution in [0.4, 0.5) is 4.39 Å². The number of hydrogen-bond donors (Lipinski definition) is 1. The van der Waals surface area contributed by atoms with Crippen LogP contribution in [0.5, 0.6) is 0 Å². The quantitative estimate of drug-likeness (QED) is 0.546. The van der Waals surface area contributed by atoms with Gasteiger partial charge in [0.15, 0.2) is 5.76 Å². The Hall–Kier alpha value is -3.06. The van der Waals surface area contributed by atoms with Gasteiger partial charge in [0.1, 0.15) is 16.4 Å². The van der Waals surface area contributed by atoms with Crippen LogP contribution in [0.1, 0.15) is 21.5 Å². The zero-order valence-corrected chi connectivity index (χ0v) is 14.7. The van der Waals surface area contributed by atoms with Crippen LogP contribution in [0, 0.1) is 19.7 Å². The lowest BCUT2D eigenvalue weighted by atomic mass is 10.1. The number of carboxylic acids is 1.